The summed E-state index contributed by atoms with van der Waals surface area (Å²) in [5.74, 6) is -1.37. The second-order valence-corrected chi connectivity index (χ2v) is 5.98. The highest BCUT2D eigenvalue weighted by Gasteiger charge is 2.27. The fourth-order valence-electron chi connectivity index (χ4n) is 2.71. The molecule has 0 heterocycles. The van der Waals surface area contributed by atoms with Gasteiger partial charge in [-0.1, -0.05) is 30.3 Å². The third-order valence-electron chi connectivity index (χ3n) is 4.26. The summed E-state index contributed by atoms with van der Waals surface area (Å²) >= 11 is 0. The number of ether oxygens (including phenoxy) is 1. The summed E-state index contributed by atoms with van der Waals surface area (Å²) in [4.78, 5) is 38.7. The molecule has 2 N–H and O–H groups in total. The molecule has 2 rings (SSSR count). The monoisotopic (exact) mass is 383 g/mol. The van der Waals surface area contributed by atoms with E-state index in [1.807, 2.05) is 12.1 Å². The lowest BCUT2D eigenvalue weighted by Crippen LogP contribution is -2.41. The fourth-order valence-corrected chi connectivity index (χ4v) is 2.71. The van der Waals surface area contributed by atoms with Crippen LogP contribution in [-0.4, -0.2) is 38.0 Å². The van der Waals surface area contributed by atoms with E-state index in [1.165, 1.54) is 7.05 Å². The zero-order valence-corrected chi connectivity index (χ0v) is 16.3. The summed E-state index contributed by atoms with van der Waals surface area (Å²) in [5, 5.41) is 4.45. The summed E-state index contributed by atoms with van der Waals surface area (Å²) in [6.07, 6.45) is -1.24. The van der Waals surface area contributed by atoms with Crippen LogP contribution in [-0.2, 0) is 9.53 Å². The molecule has 0 bridgehead atoms. The van der Waals surface area contributed by atoms with Crippen LogP contribution in [0.4, 0.5) is 10.5 Å². The number of nitrogens with one attached hydrogen (secondary N) is 2. The Balaban J connectivity index is 2.20. The predicted molar refractivity (Wildman–Crippen MR) is 107 cm³/mol. The maximum atomic E-state index is 12.6. The summed E-state index contributed by atoms with van der Waals surface area (Å²) in [7, 11) is 1.39. The van der Waals surface area contributed by atoms with Crippen molar-refractivity contribution in [2.24, 2.45) is 0 Å². The van der Waals surface area contributed by atoms with Crippen LogP contribution >= 0.6 is 0 Å². The molecular formula is C21H25N3O4. The zero-order valence-electron chi connectivity index (χ0n) is 16.3. The Morgan fingerprint density at radius 2 is 1.57 bits per heavy atom. The minimum Gasteiger partial charge on any atom is -0.444 e. The second-order valence-electron chi connectivity index (χ2n) is 5.98. The van der Waals surface area contributed by atoms with Crippen molar-refractivity contribution in [2.45, 2.75) is 20.0 Å². The van der Waals surface area contributed by atoms with Crippen molar-refractivity contribution in [1.82, 2.24) is 10.6 Å². The van der Waals surface area contributed by atoms with Crippen molar-refractivity contribution in [1.29, 1.82) is 0 Å². The maximum Gasteiger partial charge on any atom is 0.339 e. The van der Waals surface area contributed by atoms with Crippen molar-refractivity contribution in [3.05, 3.63) is 65.7 Å². The van der Waals surface area contributed by atoms with Gasteiger partial charge in [0.2, 0.25) is 6.10 Å². The molecule has 0 radical (unpaired) electrons. The molecule has 7 heteroatoms. The van der Waals surface area contributed by atoms with E-state index >= 15 is 0 Å². The number of carbonyl (C=O) groups is 3. The third-order valence-corrected chi connectivity index (χ3v) is 4.26. The molecular weight excluding hydrogens is 358 g/mol. The van der Waals surface area contributed by atoms with Gasteiger partial charge in [-0.3, -0.25) is 10.1 Å². The average Bonchev–Trinajstić information content (AvgIpc) is 2.73. The molecule has 0 aromatic heterocycles. The van der Waals surface area contributed by atoms with Crippen LogP contribution in [0.5, 0.6) is 0 Å². The first-order valence-corrected chi connectivity index (χ1v) is 9.13. The molecule has 7 nitrogen and oxygen atoms in total. The maximum absolute atomic E-state index is 12.6. The summed E-state index contributed by atoms with van der Waals surface area (Å²) in [6.45, 7) is 5.83. The molecule has 2 aromatic rings. The Morgan fingerprint density at radius 1 is 0.964 bits per heavy atom. The Bertz CT molecular complexity index is 802. The molecule has 148 valence electrons. The van der Waals surface area contributed by atoms with E-state index in [0.717, 1.165) is 18.8 Å². The molecule has 0 aliphatic carbocycles. The van der Waals surface area contributed by atoms with E-state index in [2.05, 4.69) is 29.4 Å². The Hall–Kier alpha value is -3.35. The second kappa shape index (κ2) is 10.1. The van der Waals surface area contributed by atoms with Crippen molar-refractivity contribution < 1.29 is 19.1 Å². The summed E-state index contributed by atoms with van der Waals surface area (Å²) < 4.78 is 5.44. The van der Waals surface area contributed by atoms with Crippen LogP contribution in [0.1, 0.15) is 35.9 Å². The lowest BCUT2D eigenvalue weighted by molar-refractivity contribution is -0.129. The minimum absolute atomic E-state index is 0.324. The Morgan fingerprint density at radius 3 is 2.11 bits per heavy atom. The lowest BCUT2D eigenvalue weighted by atomic mass is 10.1. The first kappa shape index (κ1) is 21.0. The van der Waals surface area contributed by atoms with Gasteiger partial charge in [-0.15, -0.1) is 0 Å². The van der Waals surface area contributed by atoms with Gasteiger partial charge < -0.3 is 15.0 Å². The Kier molecular flexibility index (Phi) is 7.56. The van der Waals surface area contributed by atoms with Gasteiger partial charge in [-0.05, 0) is 38.1 Å². The van der Waals surface area contributed by atoms with Gasteiger partial charge in [0, 0.05) is 31.4 Å². The van der Waals surface area contributed by atoms with Gasteiger partial charge in [0.1, 0.15) is 0 Å². The SMILES string of the molecule is CCN(CC)c1ccc(C(=O)O[C@@H](C(=O)NC(=O)NC)c2ccccc2)cc1. The van der Waals surface area contributed by atoms with Gasteiger partial charge in [-0.25, -0.2) is 9.59 Å². The van der Waals surface area contributed by atoms with Crippen LogP contribution in [0.3, 0.4) is 0 Å². The van der Waals surface area contributed by atoms with Crippen LogP contribution in [0, 0.1) is 0 Å². The van der Waals surface area contributed by atoms with E-state index in [4.69, 9.17) is 4.74 Å². The van der Waals surface area contributed by atoms with Crippen molar-refractivity contribution >= 4 is 23.6 Å². The van der Waals surface area contributed by atoms with Crippen molar-refractivity contribution in [3.63, 3.8) is 0 Å². The van der Waals surface area contributed by atoms with E-state index in [-0.39, 0.29) is 0 Å². The molecule has 0 fully saturated rings. The number of nitrogens with zero attached hydrogens (tertiary/aromatic N) is 1. The zero-order chi connectivity index (χ0) is 20.5. The predicted octanol–water partition coefficient (Wildman–Crippen LogP) is 2.89. The molecule has 1 atom stereocenters. The topological polar surface area (TPSA) is 87.7 Å². The molecule has 0 saturated carbocycles. The number of esters is 1. The number of amides is 3. The van der Waals surface area contributed by atoms with Gasteiger partial charge in [0.15, 0.2) is 0 Å². The Labute approximate surface area is 164 Å². The van der Waals surface area contributed by atoms with Crippen molar-refractivity contribution in [2.75, 3.05) is 25.0 Å². The quantitative estimate of drug-likeness (QED) is 0.718. The first-order valence-electron chi connectivity index (χ1n) is 9.13. The number of urea groups is 1. The molecule has 2 aromatic carbocycles. The van der Waals surface area contributed by atoms with E-state index in [0.29, 0.717) is 11.1 Å². The van der Waals surface area contributed by atoms with E-state index < -0.39 is 24.0 Å². The van der Waals surface area contributed by atoms with Crippen LogP contribution < -0.4 is 15.5 Å². The fraction of sp³-hybridized carbons (Fsp3) is 0.286. The number of carbonyl (C=O) groups excluding carboxylic acids is 3. The summed E-state index contributed by atoms with van der Waals surface area (Å²) in [6, 6.07) is 14.9. The largest absolute Gasteiger partial charge is 0.444 e. The number of benzene rings is 2. The van der Waals surface area contributed by atoms with Gasteiger partial charge in [-0.2, -0.15) is 0 Å². The van der Waals surface area contributed by atoms with Crippen LogP contribution in [0.2, 0.25) is 0 Å². The third kappa shape index (κ3) is 5.33. The number of anilines is 1. The smallest absolute Gasteiger partial charge is 0.339 e. The van der Waals surface area contributed by atoms with Gasteiger partial charge in [0.05, 0.1) is 5.56 Å². The van der Waals surface area contributed by atoms with Crippen LogP contribution in [0.25, 0.3) is 0 Å². The molecule has 3 amide bonds. The number of hydrogen-bond donors (Lipinski definition) is 2. The number of hydrogen-bond acceptors (Lipinski definition) is 5. The highest BCUT2D eigenvalue weighted by Crippen LogP contribution is 2.21. The molecule has 0 aliphatic rings. The average molecular weight is 383 g/mol. The highest BCUT2D eigenvalue weighted by molar-refractivity contribution is 5.99. The van der Waals surface area contributed by atoms with Gasteiger partial charge >= 0.3 is 12.0 Å². The first-order chi connectivity index (χ1) is 13.5. The van der Waals surface area contributed by atoms with E-state index in [9.17, 15) is 14.4 Å². The normalized spacial score (nSPS) is 11.2. The lowest BCUT2D eigenvalue weighted by Gasteiger charge is -2.21. The molecule has 0 aliphatic heterocycles. The minimum atomic E-state index is -1.24. The summed E-state index contributed by atoms with van der Waals surface area (Å²) in [5.41, 5.74) is 1.79. The molecule has 0 saturated heterocycles. The van der Waals surface area contributed by atoms with Crippen molar-refractivity contribution in [3.8, 4) is 0 Å². The molecule has 0 spiro atoms. The molecule has 28 heavy (non-hydrogen) atoms. The van der Waals surface area contributed by atoms with E-state index in [1.54, 1.807) is 42.5 Å². The number of rotatable bonds is 7. The number of imide groups is 1. The molecule has 0 unspecified atom stereocenters. The standard InChI is InChI=1S/C21H25N3O4/c1-4-24(5-2)17-13-11-16(12-14-17)20(26)28-18(15-9-7-6-8-10-15)19(25)23-21(27)22-3/h6-14,18H,4-5H2,1-3H3,(H2,22,23,25,27)/t18-/m1/s1. The highest BCUT2D eigenvalue weighted by atomic mass is 16.5. The van der Waals surface area contributed by atoms with Gasteiger partial charge in [0.25, 0.3) is 5.91 Å². The van der Waals surface area contributed by atoms with Crippen LogP contribution in [0.15, 0.2) is 54.6 Å².